The van der Waals surface area contributed by atoms with Gasteiger partial charge < -0.3 is 9.52 Å². The van der Waals surface area contributed by atoms with E-state index in [-0.39, 0.29) is 16.9 Å². The highest BCUT2D eigenvalue weighted by Crippen LogP contribution is 2.31. The predicted molar refractivity (Wildman–Crippen MR) is 75.0 cm³/mol. The molecule has 1 heterocycles. The molecule has 0 unspecified atom stereocenters. The Morgan fingerprint density at radius 2 is 1.80 bits per heavy atom. The maximum absolute atomic E-state index is 11.9. The number of phenols is 1. The first-order chi connectivity index (χ1) is 9.70. The van der Waals surface area contributed by atoms with E-state index in [1.54, 1.807) is 6.07 Å². The fraction of sp³-hybridized carbons (Fsp3) is 0. The molecule has 4 nitrogen and oxygen atoms in total. The number of hydrogen-bond donors (Lipinski definition) is 1. The number of carbonyl (C=O) groups excluding carboxylic acids is 1. The first-order valence-electron chi connectivity index (χ1n) is 6.01. The van der Waals surface area contributed by atoms with Crippen molar-refractivity contribution >= 4 is 17.3 Å². The largest absolute Gasteiger partial charge is 0.508 e. The SMILES string of the molecule is O=Cc1c(-c2ccccc2)c2ccc(O)cc2oc1=O. The summed E-state index contributed by atoms with van der Waals surface area (Å²) in [4.78, 5) is 23.1. The molecule has 1 aromatic heterocycles. The van der Waals surface area contributed by atoms with E-state index < -0.39 is 5.63 Å². The van der Waals surface area contributed by atoms with Crippen molar-refractivity contribution in [2.24, 2.45) is 0 Å². The second-order valence-electron chi connectivity index (χ2n) is 4.34. The van der Waals surface area contributed by atoms with Gasteiger partial charge in [0.05, 0.1) is 0 Å². The third-order valence-corrected chi connectivity index (χ3v) is 3.11. The zero-order valence-electron chi connectivity index (χ0n) is 10.4. The number of aromatic hydroxyl groups is 1. The minimum atomic E-state index is -0.711. The van der Waals surface area contributed by atoms with Gasteiger partial charge in [-0.25, -0.2) is 4.79 Å². The quantitative estimate of drug-likeness (QED) is 0.572. The van der Waals surface area contributed by atoms with Gasteiger partial charge in [-0.2, -0.15) is 0 Å². The molecule has 0 radical (unpaired) electrons. The zero-order valence-corrected chi connectivity index (χ0v) is 10.4. The molecule has 1 N–H and O–H groups in total. The van der Waals surface area contributed by atoms with E-state index in [1.165, 1.54) is 12.1 Å². The van der Waals surface area contributed by atoms with E-state index in [1.807, 2.05) is 30.3 Å². The first-order valence-corrected chi connectivity index (χ1v) is 6.01. The number of benzene rings is 2. The summed E-state index contributed by atoms with van der Waals surface area (Å²) in [6.45, 7) is 0. The molecule has 20 heavy (non-hydrogen) atoms. The third-order valence-electron chi connectivity index (χ3n) is 3.11. The fourth-order valence-electron chi connectivity index (χ4n) is 2.23. The normalized spacial score (nSPS) is 10.6. The summed E-state index contributed by atoms with van der Waals surface area (Å²) in [7, 11) is 0. The molecule has 0 aliphatic carbocycles. The molecule has 2 aromatic carbocycles. The standard InChI is InChI=1S/C16H10O4/c17-9-13-15(10-4-2-1-3-5-10)12-7-6-11(18)8-14(12)20-16(13)19/h1-9,18H. The molecule has 4 heteroatoms. The Morgan fingerprint density at radius 1 is 1.05 bits per heavy atom. The summed E-state index contributed by atoms with van der Waals surface area (Å²) >= 11 is 0. The summed E-state index contributed by atoms with van der Waals surface area (Å²) in [5, 5.41) is 10.1. The number of fused-ring (bicyclic) bond motifs is 1. The molecular formula is C16H10O4. The number of phenolic OH excluding ortho intramolecular Hbond substituents is 1. The molecule has 0 aliphatic heterocycles. The van der Waals surface area contributed by atoms with Crippen LogP contribution in [0.15, 0.2) is 57.7 Å². The Balaban J connectivity index is 2.50. The lowest BCUT2D eigenvalue weighted by atomic mass is 9.97. The first kappa shape index (κ1) is 12.2. The van der Waals surface area contributed by atoms with Gasteiger partial charge in [0, 0.05) is 17.0 Å². The molecule has 0 amide bonds. The number of hydrogen-bond acceptors (Lipinski definition) is 4. The van der Waals surface area contributed by atoms with Gasteiger partial charge in [0.15, 0.2) is 6.29 Å². The highest BCUT2D eigenvalue weighted by atomic mass is 16.4. The third kappa shape index (κ3) is 1.87. The molecule has 0 saturated carbocycles. The maximum atomic E-state index is 11.9. The van der Waals surface area contributed by atoms with Crippen LogP contribution in [-0.4, -0.2) is 11.4 Å². The van der Waals surface area contributed by atoms with Crippen LogP contribution < -0.4 is 5.63 Å². The number of aldehydes is 1. The molecule has 0 spiro atoms. The van der Waals surface area contributed by atoms with Crippen molar-refractivity contribution in [2.75, 3.05) is 0 Å². The van der Waals surface area contributed by atoms with E-state index in [0.717, 1.165) is 5.56 Å². The highest BCUT2D eigenvalue weighted by Gasteiger charge is 2.15. The van der Waals surface area contributed by atoms with E-state index in [9.17, 15) is 14.7 Å². The minimum Gasteiger partial charge on any atom is -0.508 e. The minimum absolute atomic E-state index is 0.00138. The lowest BCUT2D eigenvalue weighted by Crippen LogP contribution is -2.08. The van der Waals surface area contributed by atoms with E-state index in [0.29, 0.717) is 17.2 Å². The van der Waals surface area contributed by atoms with Gasteiger partial charge >= 0.3 is 5.63 Å². The fourth-order valence-corrected chi connectivity index (χ4v) is 2.23. The van der Waals surface area contributed by atoms with Crippen molar-refractivity contribution in [1.82, 2.24) is 0 Å². The summed E-state index contributed by atoms with van der Waals surface area (Å²) in [5.41, 5.74) is 0.788. The topological polar surface area (TPSA) is 67.5 Å². The van der Waals surface area contributed by atoms with Crippen LogP contribution >= 0.6 is 0 Å². The van der Waals surface area contributed by atoms with Gasteiger partial charge in [0.1, 0.15) is 16.9 Å². The van der Waals surface area contributed by atoms with Crippen LogP contribution in [0.1, 0.15) is 10.4 Å². The molecule has 98 valence electrons. The Kier molecular flexibility index (Phi) is 2.84. The van der Waals surface area contributed by atoms with Crippen molar-refractivity contribution < 1.29 is 14.3 Å². The van der Waals surface area contributed by atoms with Crippen LogP contribution in [0.25, 0.3) is 22.1 Å². The second kappa shape index (κ2) is 4.66. The van der Waals surface area contributed by atoms with Crippen LogP contribution in [-0.2, 0) is 0 Å². The molecule has 3 rings (SSSR count). The summed E-state index contributed by atoms with van der Waals surface area (Å²) < 4.78 is 5.08. The molecule has 3 aromatic rings. The maximum Gasteiger partial charge on any atom is 0.347 e. The van der Waals surface area contributed by atoms with Gasteiger partial charge in [0.2, 0.25) is 0 Å². The van der Waals surface area contributed by atoms with Crippen LogP contribution in [0.3, 0.4) is 0 Å². The van der Waals surface area contributed by atoms with Crippen molar-refractivity contribution in [3.63, 3.8) is 0 Å². The van der Waals surface area contributed by atoms with E-state index >= 15 is 0 Å². The molecule has 0 atom stereocenters. The molecule has 0 saturated heterocycles. The highest BCUT2D eigenvalue weighted by molar-refractivity contribution is 6.01. The van der Waals surface area contributed by atoms with Gasteiger partial charge in [-0.05, 0) is 17.7 Å². The molecule has 0 bridgehead atoms. The summed E-state index contributed by atoms with van der Waals surface area (Å²) in [6, 6.07) is 13.6. The summed E-state index contributed by atoms with van der Waals surface area (Å²) in [5.74, 6) is -0.00138. The zero-order chi connectivity index (χ0) is 14.1. The smallest absolute Gasteiger partial charge is 0.347 e. The molecule has 0 aliphatic rings. The van der Waals surface area contributed by atoms with Crippen molar-refractivity contribution in [1.29, 1.82) is 0 Å². The Labute approximate surface area is 113 Å². The lowest BCUT2D eigenvalue weighted by Gasteiger charge is -2.08. The van der Waals surface area contributed by atoms with Crippen molar-refractivity contribution in [2.45, 2.75) is 0 Å². The van der Waals surface area contributed by atoms with Crippen molar-refractivity contribution in [3.05, 3.63) is 64.5 Å². The Morgan fingerprint density at radius 3 is 2.50 bits per heavy atom. The monoisotopic (exact) mass is 266 g/mol. The van der Waals surface area contributed by atoms with Crippen LogP contribution in [0.4, 0.5) is 0 Å². The van der Waals surface area contributed by atoms with Gasteiger partial charge in [0.25, 0.3) is 0 Å². The summed E-state index contributed by atoms with van der Waals surface area (Å²) in [6.07, 6.45) is 0.500. The Bertz CT molecular complexity index is 847. The van der Waals surface area contributed by atoms with Crippen LogP contribution in [0, 0.1) is 0 Å². The number of carbonyl (C=O) groups is 1. The molecule has 0 fully saturated rings. The average Bonchev–Trinajstić information content (AvgIpc) is 2.46. The van der Waals surface area contributed by atoms with Crippen molar-refractivity contribution in [3.8, 4) is 16.9 Å². The average molecular weight is 266 g/mol. The second-order valence-corrected chi connectivity index (χ2v) is 4.34. The predicted octanol–water partition coefficient (Wildman–Crippen LogP) is 2.98. The molecular weight excluding hydrogens is 256 g/mol. The van der Waals surface area contributed by atoms with E-state index in [4.69, 9.17) is 4.42 Å². The van der Waals surface area contributed by atoms with Gasteiger partial charge in [-0.1, -0.05) is 30.3 Å². The number of rotatable bonds is 2. The van der Waals surface area contributed by atoms with Gasteiger partial charge in [-0.15, -0.1) is 0 Å². The Hall–Kier alpha value is -2.88. The lowest BCUT2D eigenvalue weighted by molar-refractivity contribution is 0.112. The van der Waals surface area contributed by atoms with Crippen LogP contribution in [0.2, 0.25) is 0 Å². The van der Waals surface area contributed by atoms with Gasteiger partial charge in [-0.3, -0.25) is 4.79 Å². The van der Waals surface area contributed by atoms with E-state index in [2.05, 4.69) is 0 Å². The van der Waals surface area contributed by atoms with Crippen LogP contribution in [0.5, 0.6) is 5.75 Å².